The molecule has 6 heteroatoms. The first-order valence-electron chi connectivity index (χ1n) is 6.01. The molecule has 2 rings (SSSR count). The molecule has 1 N–H and O–H groups in total. The maximum absolute atomic E-state index is 12.6. The standard InChI is InChI=1S/C13H16F3NO.ClH/c1-18-12-8-9(13(14,15)16)5-6-10(12)11-4-2-3-7-17-11;/h5-6,8,11,17H,2-4,7H2,1H3;1H/t11-;/m0./s1. The molecule has 108 valence electrons. The summed E-state index contributed by atoms with van der Waals surface area (Å²) in [5, 5.41) is 3.31. The molecule has 1 heterocycles. The van der Waals surface area contributed by atoms with Crippen LogP contribution in [0.1, 0.15) is 36.4 Å². The molecule has 0 amide bonds. The molecule has 0 spiro atoms. The summed E-state index contributed by atoms with van der Waals surface area (Å²) < 4.78 is 42.9. The van der Waals surface area contributed by atoms with Crippen molar-refractivity contribution in [1.82, 2.24) is 5.32 Å². The van der Waals surface area contributed by atoms with Crippen molar-refractivity contribution in [1.29, 1.82) is 0 Å². The molecule has 0 bridgehead atoms. The smallest absolute Gasteiger partial charge is 0.416 e. The van der Waals surface area contributed by atoms with Crippen LogP contribution in [0, 0.1) is 0 Å². The molecule has 19 heavy (non-hydrogen) atoms. The lowest BCUT2D eigenvalue weighted by Gasteiger charge is -2.25. The van der Waals surface area contributed by atoms with Gasteiger partial charge in [-0.3, -0.25) is 0 Å². The number of halogens is 4. The topological polar surface area (TPSA) is 21.3 Å². The van der Waals surface area contributed by atoms with E-state index >= 15 is 0 Å². The van der Waals surface area contributed by atoms with E-state index in [1.165, 1.54) is 13.2 Å². The number of rotatable bonds is 2. The van der Waals surface area contributed by atoms with E-state index in [0.717, 1.165) is 43.5 Å². The van der Waals surface area contributed by atoms with Crippen molar-refractivity contribution >= 4 is 12.4 Å². The first-order valence-corrected chi connectivity index (χ1v) is 6.01. The molecule has 1 aliphatic rings. The van der Waals surface area contributed by atoms with Crippen LogP contribution in [0.15, 0.2) is 18.2 Å². The van der Waals surface area contributed by atoms with Crippen LogP contribution >= 0.6 is 12.4 Å². The van der Waals surface area contributed by atoms with Gasteiger partial charge in [0.25, 0.3) is 0 Å². The van der Waals surface area contributed by atoms with Gasteiger partial charge in [0.05, 0.1) is 12.7 Å². The van der Waals surface area contributed by atoms with Gasteiger partial charge in [-0.25, -0.2) is 0 Å². The Bertz CT molecular complexity index is 417. The van der Waals surface area contributed by atoms with Gasteiger partial charge in [-0.15, -0.1) is 12.4 Å². The minimum Gasteiger partial charge on any atom is -0.496 e. The average Bonchev–Trinajstić information content (AvgIpc) is 2.38. The van der Waals surface area contributed by atoms with Gasteiger partial charge < -0.3 is 10.1 Å². The van der Waals surface area contributed by atoms with Crippen molar-refractivity contribution in [3.8, 4) is 5.75 Å². The highest BCUT2D eigenvalue weighted by atomic mass is 35.5. The zero-order valence-electron chi connectivity index (χ0n) is 10.6. The van der Waals surface area contributed by atoms with Crippen molar-refractivity contribution in [2.24, 2.45) is 0 Å². The van der Waals surface area contributed by atoms with Crippen molar-refractivity contribution in [3.05, 3.63) is 29.3 Å². The van der Waals surface area contributed by atoms with Gasteiger partial charge in [0, 0.05) is 11.6 Å². The Morgan fingerprint density at radius 3 is 2.53 bits per heavy atom. The molecular weight excluding hydrogens is 279 g/mol. The van der Waals surface area contributed by atoms with Crippen LogP contribution in [-0.4, -0.2) is 13.7 Å². The number of hydrogen-bond acceptors (Lipinski definition) is 2. The zero-order chi connectivity index (χ0) is 13.2. The first-order chi connectivity index (χ1) is 8.52. The number of nitrogens with one attached hydrogen (secondary N) is 1. The second-order valence-electron chi connectivity index (χ2n) is 4.46. The summed E-state index contributed by atoms with van der Waals surface area (Å²) in [5.41, 5.74) is 0.143. The number of hydrogen-bond donors (Lipinski definition) is 1. The van der Waals surface area contributed by atoms with E-state index in [0.29, 0.717) is 5.75 Å². The van der Waals surface area contributed by atoms with Crippen LogP contribution in [-0.2, 0) is 6.18 Å². The predicted octanol–water partition coefficient (Wildman–Crippen LogP) is 3.95. The fourth-order valence-corrected chi connectivity index (χ4v) is 2.29. The maximum atomic E-state index is 12.6. The van der Waals surface area contributed by atoms with Crippen molar-refractivity contribution in [2.45, 2.75) is 31.5 Å². The minimum absolute atomic E-state index is 0. The quantitative estimate of drug-likeness (QED) is 0.892. The maximum Gasteiger partial charge on any atom is 0.416 e. The van der Waals surface area contributed by atoms with Gasteiger partial charge in [0.2, 0.25) is 0 Å². The number of benzene rings is 1. The molecule has 1 aromatic rings. The molecule has 2 nitrogen and oxygen atoms in total. The number of ether oxygens (including phenoxy) is 1. The van der Waals surface area contributed by atoms with Crippen LogP contribution in [0.4, 0.5) is 13.2 Å². The Morgan fingerprint density at radius 2 is 2.00 bits per heavy atom. The summed E-state index contributed by atoms with van der Waals surface area (Å²) in [6, 6.07) is 3.81. The number of alkyl halides is 3. The molecule has 1 saturated heterocycles. The van der Waals surface area contributed by atoms with Gasteiger partial charge in [0.15, 0.2) is 0 Å². The molecular formula is C13H17ClF3NO. The van der Waals surface area contributed by atoms with Crippen LogP contribution in [0.2, 0.25) is 0 Å². The first kappa shape index (κ1) is 16.1. The van der Waals surface area contributed by atoms with E-state index in [-0.39, 0.29) is 18.4 Å². The second kappa shape index (κ2) is 6.48. The van der Waals surface area contributed by atoms with Crippen molar-refractivity contribution in [3.63, 3.8) is 0 Å². The van der Waals surface area contributed by atoms with Gasteiger partial charge >= 0.3 is 6.18 Å². The number of methoxy groups -OCH3 is 1. The zero-order valence-corrected chi connectivity index (χ0v) is 11.4. The lowest BCUT2D eigenvalue weighted by molar-refractivity contribution is -0.137. The fourth-order valence-electron chi connectivity index (χ4n) is 2.29. The lowest BCUT2D eigenvalue weighted by Crippen LogP contribution is -2.27. The molecule has 1 aromatic carbocycles. The second-order valence-corrected chi connectivity index (χ2v) is 4.46. The molecule has 0 radical (unpaired) electrons. The van der Waals surface area contributed by atoms with E-state index in [9.17, 15) is 13.2 Å². The van der Waals surface area contributed by atoms with Gasteiger partial charge in [0.1, 0.15) is 5.75 Å². The Hall–Kier alpha value is -0.940. The fraction of sp³-hybridized carbons (Fsp3) is 0.538. The summed E-state index contributed by atoms with van der Waals surface area (Å²) in [7, 11) is 1.40. The minimum atomic E-state index is -4.33. The van der Waals surface area contributed by atoms with E-state index < -0.39 is 11.7 Å². The Morgan fingerprint density at radius 1 is 1.26 bits per heavy atom. The SMILES string of the molecule is COc1cc(C(F)(F)F)ccc1[C@@H]1CCCCN1.Cl. The summed E-state index contributed by atoms with van der Waals surface area (Å²) >= 11 is 0. The molecule has 0 aliphatic carbocycles. The van der Waals surface area contributed by atoms with E-state index in [1.807, 2.05) is 0 Å². The summed E-state index contributed by atoms with van der Waals surface area (Å²) in [5.74, 6) is 0.309. The van der Waals surface area contributed by atoms with Crippen LogP contribution in [0.5, 0.6) is 5.75 Å². The van der Waals surface area contributed by atoms with Crippen LogP contribution < -0.4 is 10.1 Å². The van der Waals surface area contributed by atoms with Gasteiger partial charge in [-0.2, -0.15) is 13.2 Å². The Balaban J connectivity index is 0.00000180. The lowest BCUT2D eigenvalue weighted by atomic mass is 9.95. The monoisotopic (exact) mass is 295 g/mol. The third kappa shape index (κ3) is 3.76. The third-order valence-corrected chi connectivity index (χ3v) is 3.25. The summed E-state index contributed by atoms with van der Waals surface area (Å²) in [4.78, 5) is 0. The highest BCUT2D eigenvalue weighted by Crippen LogP contribution is 2.36. The van der Waals surface area contributed by atoms with E-state index in [2.05, 4.69) is 5.32 Å². The van der Waals surface area contributed by atoms with Gasteiger partial charge in [-0.05, 0) is 31.5 Å². The van der Waals surface area contributed by atoms with E-state index in [1.54, 1.807) is 0 Å². The summed E-state index contributed by atoms with van der Waals surface area (Å²) in [6.07, 6.45) is -1.20. The highest BCUT2D eigenvalue weighted by Gasteiger charge is 2.32. The third-order valence-electron chi connectivity index (χ3n) is 3.25. The molecule has 0 unspecified atom stereocenters. The normalized spacial score (nSPS) is 19.7. The van der Waals surface area contributed by atoms with Crippen LogP contribution in [0.25, 0.3) is 0 Å². The van der Waals surface area contributed by atoms with Crippen molar-refractivity contribution < 1.29 is 17.9 Å². The molecule has 1 fully saturated rings. The Labute approximate surface area is 116 Å². The van der Waals surface area contributed by atoms with Crippen LogP contribution in [0.3, 0.4) is 0 Å². The largest absolute Gasteiger partial charge is 0.496 e. The molecule has 0 saturated carbocycles. The highest BCUT2D eigenvalue weighted by molar-refractivity contribution is 5.85. The number of piperidine rings is 1. The predicted molar refractivity (Wildman–Crippen MR) is 69.8 cm³/mol. The molecule has 0 aromatic heterocycles. The van der Waals surface area contributed by atoms with Gasteiger partial charge in [-0.1, -0.05) is 12.5 Å². The molecule has 1 aliphatic heterocycles. The molecule has 1 atom stereocenters. The van der Waals surface area contributed by atoms with E-state index in [4.69, 9.17) is 4.74 Å². The summed E-state index contributed by atoms with van der Waals surface area (Å²) in [6.45, 7) is 0.898. The average molecular weight is 296 g/mol. The van der Waals surface area contributed by atoms with Crippen molar-refractivity contribution in [2.75, 3.05) is 13.7 Å². The Kier molecular flexibility index (Phi) is 5.50.